The van der Waals surface area contributed by atoms with Crippen molar-refractivity contribution in [3.8, 4) is 5.75 Å². The van der Waals surface area contributed by atoms with Crippen molar-refractivity contribution in [2.24, 2.45) is 5.10 Å². The summed E-state index contributed by atoms with van der Waals surface area (Å²) >= 11 is 10.2. The quantitative estimate of drug-likeness (QED) is 0.264. The molecule has 3 aromatic carbocycles. The average Bonchev–Trinajstić information content (AvgIpc) is 2.74. The highest BCUT2D eigenvalue weighted by molar-refractivity contribution is 9.11. The van der Waals surface area contributed by atoms with Gasteiger partial charge in [0.2, 0.25) is 0 Å². The monoisotopic (exact) mass is 607 g/mol. The zero-order chi connectivity index (χ0) is 22.2. The van der Waals surface area contributed by atoms with Crippen molar-refractivity contribution in [1.82, 2.24) is 5.43 Å². The molecule has 3 rings (SSSR count). The molecule has 3 aromatic rings. The fraction of sp³-hybridized carbons (Fsp3) is 0.0455. The van der Waals surface area contributed by atoms with Gasteiger partial charge in [0.05, 0.1) is 10.7 Å². The summed E-state index contributed by atoms with van der Waals surface area (Å²) in [5.74, 6) is -0.219. The summed E-state index contributed by atoms with van der Waals surface area (Å²) in [4.78, 5) is 24.4. The number of rotatable bonds is 7. The second-order valence-electron chi connectivity index (χ2n) is 6.21. The van der Waals surface area contributed by atoms with E-state index in [0.717, 1.165) is 8.95 Å². The Morgan fingerprint density at radius 2 is 1.65 bits per heavy atom. The zero-order valence-electron chi connectivity index (χ0n) is 15.9. The maximum absolute atomic E-state index is 12.2. The van der Waals surface area contributed by atoms with Gasteiger partial charge >= 0.3 is 0 Å². The lowest BCUT2D eigenvalue weighted by molar-refractivity contribution is -0.118. The molecular weight excluding hydrogens is 594 g/mol. The minimum absolute atomic E-state index is 0.193. The predicted octanol–water partition coefficient (Wildman–Crippen LogP) is 5.76. The average molecular weight is 610 g/mol. The van der Waals surface area contributed by atoms with Crippen LogP contribution in [0.2, 0.25) is 0 Å². The first kappa shape index (κ1) is 23.2. The second kappa shape index (κ2) is 11.2. The summed E-state index contributed by atoms with van der Waals surface area (Å²) in [7, 11) is 0. The van der Waals surface area contributed by atoms with E-state index in [1.54, 1.807) is 48.5 Å². The SMILES string of the molecule is O=C(COc1c(Br)cc(Br)cc1/C=N/NC(=O)c1ccc(Br)cc1)Nc1ccccc1. The second-order valence-corrected chi connectivity index (χ2v) is 8.90. The van der Waals surface area contributed by atoms with Crippen LogP contribution in [0, 0.1) is 0 Å². The molecule has 0 atom stereocenters. The van der Waals surface area contributed by atoms with E-state index in [0.29, 0.717) is 27.0 Å². The van der Waals surface area contributed by atoms with Crippen molar-refractivity contribution in [1.29, 1.82) is 0 Å². The molecule has 0 saturated carbocycles. The number of hydrazone groups is 1. The van der Waals surface area contributed by atoms with E-state index in [2.05, 4.69) is 63.6 Å². The molecule has 0 aliphatic carbocycles. The number of nitrogens with one attached hydrogen (secondary N) is 2. The van der Waals surface area contributed by atoms with Gasteiger partial charge < -0.3 is 10.1 Å². The van der Waals surface area contributed by atoms with Crippen molar-refractivity contribution >= 4 is 71.5 Å². The lowest BCUT2D eigenvalue weighted by atomic mass is 10.2. The Morgan fingerprint density at radius 3 is 2.35 bits per heavy atom. The summed E-state index contributed by atoms with van der Waals surface area (Å²) in [6.07, 6.45) is 1.46. The Hall–Kier alpha value is -2.49. The number of amides is 2. The largest absolute Gasteiger partial charge is 0.482 e. The molecule has 0 aliphatic heterocycles. The van der Waals surface area contributed by atoms with E-state index in [9.17, 15) is 9.59 Å². The fourth-order valence-electron chi connectivity index (χ4n) is 2.51. The van der Waals surface area contributed by atoms with Gasteiger partial charge in [-0.05, 0) is 64.5 Å². The molecule has 2 amide bonds. The number of anilines is 1. The number of ether oxygens (including phenoxy) is 1. The van der Waals surface area contributed by atoms with E-state index in [1.165, 1.54) is 6.21 Å². The normalized spacial score (nSPS) is 10.7. The lowest BCUT2D eigenvalue weighted by Crippen LogP contribution is -2.21. The third-order valence-corrected chi connectivity index (χ3v) is 5.49. The molecule has 0 fully saturated rings. The number of hydrogen-bond donors (Lipinski definition) is 2. The molecule has 0 radical (unpaired) electrons. The number of benzene rings is 3. The van der Waals surface area contributed by atoms with Gasteiger partial charge in [0.15, 0.2) is 6.61 Å². The standard InChI is InChI=1S/C22H16Br3N3O3/c23-16-8-6-14(7-9-16)22(30)28-26-12-15-10-17(24)11-19(25)21(15)31-13-20(29)27-18-4-2-1-3-5-18/h1-12H,13H2,(H,27,29)(H,28,30)/b26-12+. The molecule has 9 heteroatoms. The summed E-state index contributed by atoms with van der Waals surface area (Å²) in [5, 5.41) is 6.78. The van der Waals surface area contributed by atoms with Crippen molar-refractivity contribution in [3.63, 3.8) is 0 Å². The molecule has 158 valence electrons. The maximum Gasteiger partial charge on any atom is 0.271 e. The summed E-state index contributed by atoms with van der Waals surface area (Å²) in [6, 6.07) is 19.6. The van der Waals surface area contributed by atoms with Gasteiger partial charge in [-0.2, -0.15) is 5.10 Å². The van der Waals surface area contributed by atoms with Crippen LogP contribution in [0.1, 0.15) is 15.9 Å². The number of carbonyl (C=O) groups excluding carboxylic acids is 2. The minimum Gasteiger partial charge on any atom is -0.482 e. The minimum atomic E-state index is -0.345. The molecule has 0 unspecified atom stereocenters. The van der Waals surface area contributed by atoms with Crippen LogP contribution < -0.4 is 15.5 Å². The molecule has 0 spiro atoms. The third-order valence-electron chi connectivity index (χ3n) is 3.92. The Labute approximate surface area is 204 Å². The molecule has 6 nitrogen and oxygen atoms in total. The Balaban J connectivity index is 1.67. The summed E-state index contributed by atoms with van der Waals surface area (Å²) in [6.45, 7) is -0.193. The van der Waals surface area contributed by atoms with Gasteiger partial charge in [-0.3, -0.25) is 9.59 Å². The van der Waals surface area contributed by atoms with Crippen molar-refractivity contribution in [2.75, 3.05) is 11.9 Å². The molecular formula is C22H16Br3N3O3. The highest BCUT2D eigenvalue weighted by Crippen LogP contribution is 2.32. The molecule has 0 saturated heterocycles. The predicted molar refractivity (Wildman–Crippen MR) is 132 cm³/mol. The van der Waals surface area contributed by atoms with Crippen LogP contribution in [0.4, 0.5) is 5.69 Å². The summed E-state index contributed by atoms with van der Waals surface area (Å²) in [5.41, 5.74) is 4.21. The Kier molecular flexibility index (Phi) is 8.39. The first-order chi connectivity index (χ1) is 14.9. The number of nitrogens with zero attached hydrogens (tertiary/aromatic N) is 1. The van der Waals surface area contributed by atoms with Crippen LogP contribution in [0.25, 0.3) is 0 Å². The van der Waals surface area contributed by atoms with E-state index in [4.69, 9.17) is 4.74 Å². The molecule has 2 N–H and O–H groups in total. The highest BCUT2D eigenvalue weighted by Gasteiger charge is 2.12. The third kappa shape index (κ3) is 7.02. The molecule has 0 heterocycles. The van der Waals surface area contributed by atoms with Gasteiger partial charge in [-0.15, -0.1) is 0 Å². The lowest BCUT2D eigenvalue weighted by Gasteiger charge is -2.12. The zero-order valence-corrected chi connectivity index (χ0v) is 20.7. The molecule has 31 heavy (non-hydrogen) atoms. The molecule has 0 bridgehead atoms. The number of para-hydroxylation sites is 1. The van der Waals surface area contributed by atoms with Gasteiger partial charge in [-0.25, -0.2) is 5.43 Å². The van der Waals surface area contributed by atoms with Gasteiger partial charge in [0.25, 0.3) is 11.8 Å². The van der Waals surface area contributed by atoms with E-state index in [1.807, 2.05) is 18.2 Å². The van der Waals surface area contributed by atoms with Crippen LogP contribution in [-0.4, -0.2) is 24.6 Å². The number of carbonyl (C=O) groups is 2. The van der Waals surface area contributed by atoms with Gasteiger partial charge in [0, 0.05) is 25.8 Å². The van der Waals surface area contributed by atoms with Crippen molar-refractivity contribution in [3.05, 3.63) is 91.3 Å². The summed E-state index contributed by atoms with van der Waals surface area (Å²) < 4.78 is 8.02. The first-order valence-corrected chi connectivity index (χ1v) is 11.4. The van der Waals surface area contributed by atoms with Gasteiger partial charge in [-0.1, -0.05) is 50.1 Å². The highest BCUT2D eigenvalue weighted by atomic mass is 79.9. The van der Waals surface area contributed by atoms with E-state index in [-0.39, 0.29) is 18.4 Å². The first-order valence-electron chi connectivity index (χ1n) is 8.98. The topological polar surface area (TPSA) is 79.8 Å². The van der Waals surface area contributed by atoms with Crippen LogP contribution >= 0.6 is 47.8 Å². The van der Waals surface area contributed by atoms with Crippen LogP contribution in [0.3, 0.4) is 0 Å². The number of halogens is 3. The van der Waals surface area contributed by atoms with Crippen LogP contribution in [-0.2, 0) is 4.79 Å². The van der Waals surface area contributed by atoms with Crippen LogP contribution in [0.5, 0.6) is 5.75 Å². The Bertz CT molecular complexity index is 1100. The molecule has 0 aliphatic rings. The fourth-order valence-corrected chi connectivity index (χ4v) is 4.15. The van der Waals surface area contributed by atoms with Gasteiger partial charge in [0.1, 0.15) is 5.75 Å². The van der Waals surface area contributed by atoms with Crippen molar-refractivity contribution < 1.29 is 14.3 Å². The van der Waals surface area contributed by atoms with E-state index < -0.39 is 0 Å². The smallest absolute Gasteiger partial charge is 0.271 e. The van der Waals surface area contributed by atoms with Crippen molar-refractivity contribution in [2.45, 2.75) is 0 Å². The van der Waals surface area contributed by atoms with E-state index >= 15 is 0 Å². The Morgan fingerprint density at radius 1 is 0.935 bits per heavy atom. The van der Waals surface area contributed by atoms with Crippen LogP contribution in [0.15, 0.2) is 85.2 Å². The molecule has 0 aromatic heterocycles. The number of hydrogen-bond acceptors (Lipinski definition) is 4. The maximum atomic E-state index is 12.2.